The molecular formula is C7H10FNO3. The lowest BCUT2D eigenvalue weighted by atomic mass is 10.1. The molecule has 0 radical (unpaired) electrons. The zero-order valence-corrected chi connectivity index (χ0v) is 6.66. The maximum atomic E-state index is 12.7. The van der Waals surface area contributed by atoms with Gasteiger partial charge in [0, 0.05) is 6.42 Å². The fourth-order valence-electron chi connectivity index (χ4n) is 1.38. The van der Waals surface area contributed by atoms with E-state index in [2.05, 4.69) is 0 Å². The minimum absolute atomic E-state index is 0.00162. The van der Waals surface area contributed by atoms with E-state index in [9.17, 15) is 14.0 Å². The lowest BCUT2D eigenvalue weighted by Gasteiger charge is -2.17. The van der Waals surface area contributed by atoms with E-state index in [4.69, 9.17) is 5.11 Å². The highest BCUT2D eigenvalue weighted by molar-refractivity contribution is 5.85. The summed E-state index contributed by atoms with van der Waals surface area (Å²) >= 11 is 0. The number of nitrogens with zero attached hydrogens (tertiary/aromatic N) is 1. The molecule has 0 aromatic heterocycles. The molecule has 4 nitrogen and oxygen atoms in total. The van der Waals surface area contributed by atoms with Crippen LogP contribution in [0.4, 0.5) is 9.18 Å². The van der Waals surface area contributed by atoms with E-state index < -0.39 is 18.3 Å². The number of likely N-dealkylation sites (tertiary alicyclic amines) is 1. The van der Waals surface area contributed by atoms with Gasteiger partial charge in [-0.15, -0.1) is 0 Å². The molecule has 0 saturated carbocycles. The van der Waals surface area contributed by atoms with Gasteiger partial charge < -0.3 is 5.11 Å². The van der Waals surface area contributed by atoms with Gasteiger partial charge in [-0.1, -0.05) is 0 Å². The maximum absolute atomic E-state index is 12.7. The molecule has 1 heterocycles. The molecule has 0 bridgehead atoms. The summed E-state index contributed by atoms with van der Waals surface area (Å²) in [5, 5.41) is 8.56. The van der Waals surface area contributed by atoms with Gasteiger partial charge in [0.05, 0.1) is 12.6 Å². The molecule has 0 aliphatic carbocycles. The molecule has 1 saturated heterocycles. The summed E-state index contributed by atoms with van der Waals surface area (Å²) in [6.07, 6.45) is -2.42. The fourth-order valence-corrected chi connectivity index (χ4v) is 1.38. The quantitative estimate of drug-likeness (QED) is 0.637. The molecule has 1 fully saturated rings. The molecule has 68 valence electrons. The fraction of sp³-hybridized carbons (Fsp3) is 0.714. The molecule has 1 N–H and O–H groups in total. The molecule has 0 spiro atoms. The van der Waals surface area contributed by atoms with Gasteiger partial charge in [0.2, 0.25) is 0 Å². The number of carboxylic acid groups (broad SMARTS) is 1. The van der Waals surface area contributed by atoms with Gasteiger partial charge in [-0.05, 0) is 6.92 Å². The Balaban J connectivity index is 2.72. The Labute approximate surface area is 69.0 Å². The van der Waals surface area contributed by atoms with E-state index in [-0.39, 0.29) is 18.7 Å². The third-order valence-electron chi connectivity index (χ3n) is 1.97. The molecule has 1 amide bonds. The third kappa shape index (κ3) is 1.54. The normalized spacial score (nSPS) is 29.0. The van der Waals surface area contributed by atoms with Crippen molar-refractivity contribution in [3.8, 4) is 0 Å². The van der Waals surface area contributed by atoms with Crippen LogP contribution in [0.15, 0.2) is 0 Å². The van der Waals surface area contributed by atoms with Crippen molar-refractivity contribution in [2.45, 2.75) is 25.6 Å². The number of amides is 1. The van der Waals surface area contributed by atoms with Crippen molar-refractivity contribution in [1.82, 2.24) is 4.90 Å². The Kier molecular flexibility index (Phi) is 2.30. The van der Waals surface area contributed by atoms with Gasteiger partial charge >= 0.3 is 6.09 Å². The summed E-state index contributed by atoms with van der Waals surface area (Å²) in [6.45, 7) is 1.10. The van der Waals surface area contributed by atoms with Gasteiger partial charge in [-0.3, -0.25) is 9.69 Å². The Morgan fingerprint density at radius 3 is 2.50 bits per heavy atom. The van der Waals surface area contributed by atoms with Crippen LogP contribution in [-0.2, 0) is 4.79 Å². The number of rotatable bonds is 1. The van der Waals surface area contributed by atoms with Crippen molar-refractivity contribution >= 4 is 11.9 Å². The number of carbonyl (C=O) groups is 2. The van der Waals surface area contributed by atoms with Crippen molar-refractivity contribution in [2.24, 2.45) is 0 Å². The van der Waals surface area contributed by atoms with E-state index in [1.165, 1.54) is 6.92 Å². The highest BCUT2D eigenvalue weighted by Crippen LogP contribution is 2.20. The van der Waals surface area contributed by atoms with E-state index in [1.807, 2.05) is 0 Å². The highest BCUT2D eigenvalue weighted by atomic mass is 19.1. The lowest BCUT2D eigenvalue weighted by Crippen LogP contribution is -2.38. The van der Waals surface area contributed by atoms with Crippen LogP contribution in [0.3, 0.4) is 0 Å². The van der Waals surface area contributed by atoms with E-state index in [1.54, 1.807) is 0 Å². The number of Topliss-reactive ketones (excluding diaryl/α,β-unsaturated/α-hetero) is 1. The standard InChI is InChI=1S/C7H10FNO3/c1-4(10)6-2-5(8)3-9(6)7(11)12/h5-6H,2-3H2,1H3,(H,11,12)/t5-,6-/m0/s1. The summed E-state index contributed by atoms with van der Waals surface area (Å²) in [4.78, 5) is 22.2. The monoisotopic (exact) mass is 175 g/mol. The van der Waals surface area contributed by atoms with Crippen molar-refractivity contribution in [3.63, 3.8) is 0 Å². The molecule has 0 unspecified atom stereocenters. The Bertz CT molecular complexity index is 197. The van der Waals surface area contributed by atoms with Crippen molar-refractivity contribution in [2.75, 3.05) is 6.54 Å². The summed E-state index contributed by atoms with van der Waals surface area (Å²) in [5.74, 6) is -0.294. The first-order chi connectivity index (χ1) is 5.52. The lowest BCUT2D eigenvalue weighted by molar-refractivity contribution is -0.120. The molecule has 2 atom stereocenters. The molecular weight excluding hydrogens is 165 g/mol. The Morgan fingerprint density at radius 2 is 2.17 bits per heavy atom. The van der Waals surface area contributed by atoms with Crippen LogP contribution in [0.25, 0.3) is 0 Å². The van der Waals surface area contributed by atoms with Gasteiger partial charge in [-0.25, -0.2) is 9.18 Å². The average molecular weight is 175 g/mol. The van der Waals surface area contributed by atoms with Gasteiger partial charge in [0.1, 0.15) is 6.17 Å². The third-order valence-corrected chi connectivity index (χ3v) is 1.97. The average Bonchev–Trinajstić information content (AvgIpc) is 2.31. The van der Waals surface area contributed by atoms with Gasteiger partial charge in [-0.2, -0.15) is 0 Å². The van der Waals surface area contributed by atoms with Crippen LogP contribution >= 0.6 is 0 Å². The second kappa shape index (κ2) is 3.08. The van der Waals surface area contributed by atoms with Crippen LogP contribution in [0.2, 0.25) is 0 Å². The molecule has 5 heteroatoms. The predicted molar refractivity (Wildman–Crippen MR) is 38.7 cm³/mol. The van der Waals surface area contributed by atoms with E-state index in [0.717, 1.165) is 4.90 Å². The van der Waals surface area contributed by atoms with Crippen LogP contribution in [0, 0.1) is 0 Å². The molecule has 1 rings (SSSR count). The zero-order valence-electron chi connectivity index (χ0n) is 6.66. The summed E-state index contributed by atoms with van der Waals surface area (Å²) in [6, 6.07) is -0.780. The second-order valence-corrected chi connectivity index (χ2v) is 2.89. The first kappa shape index (κ1) is 8.96. The van der Waals surface area contributed by atoms with Gasteiger partial charge in [0.15, 0.2) is 5.78 Å². The van der Waals surface area contributed by atoms with Crippen molar-refractivity contribution in [1.29, 1.82) is 0 Å². The number of hydrogen-bond acceptors (Lipinski definition) is 2. The van der Waals surface area contributed by atoms with Crippen molar-refractivity contribution in [3.05, 3.63) is 0 Å². The summed E-state index contributed by atoms with van der Waals surface area (Å²) < 4.78 is 12.7. The molecule has 0 aromatic carbocycles. The number of carbonyl (C=O) groups excluding carboxylic acids is 1. The molecule has 0 aromatic rings. The number of halogens is 1. The second-order valence-electron chi connectivity index (χ2n) is 2.89. The van der Waals surface area contributed by atoms with Gasteiger partial charge in [0.25, 0.3) is 0 Å². The first-order valence-corrected chi connectivity index (χ1v) is 3.66. The van der Waals surface area contributed by atoms with Crippen molar-refractivity contribution < 1.29 is 19.1 Å². The van der Waals surface area contributed by atoms with Crippen LogP contribution in [0.5, 0.6) is 0 Å². The minimum Gasteiger partial charge on any atom is -0.465 e. The number of alkyl halides is 1. The molecule has 12 heavy (non-hydrogen) atoms. The highest BCUT2D eigenvalue weighted by Gasteiger charge is 2.37. The zero-order chi connectivity index (χ0) is 9.30. The SMILES string of the molecule is CC(=O)[C@@H]1C[C@H](F)CN1C(=O)O. The number of hydrogen-bond donors (Lipinski definition) is 1. The van der Waals surface area contributed by atoms with E-state index >= 15 is 0 Å². The van der Waals surface area contributed by atoms with Crippen LogP contribution < -0.4 is 0 Å². The topological polar surface area (TPSA) is 57.6 Å². The largest absolute Gasteiger partial charge is 0.465 e. The van der Waals surface area contributed by atoms with Crippen LogP contribution in [-0.4, -0.2) is 40.6 Å². The Hall–Kier alpha value is -1.13. The smallest absolute Gasteiger partial charge is 0.408 e. The first-order valence-electron chi connectivity index (χ1n) is 3.66. The van der Waals surface area contributed by atoms with Crippen LogP contribution in [0.1, 0.15) is 13.3 Å². The summed E-state index contributed by atoms with van der Waals surface area (Å²) in [5.41, 5.74) is 0. The maximum Gasteiger partial charge on any atom is 0.408 e. The Morgan fingerprint density at radius 1 is 1.58 bits per heavy atom. The molecule has 1 aliphatic rings. The summed E-state index contributed by atoms with van der Waals surface area (Å²) in [7, 11) is 0. The molecule has 1 aliphatic heterocycles. The van der Waals surface area contributed by atoms with E-state index in [0.29, 0.717) is 0 Å². The predicted octanol–water partition coefficient (Wildman–Crippen LogP) is 0.666. The number of ketones is 1. The minimum atomic E-state index is -1.23.